The summed E-state index contributed by atoms with van der Waals surface area (Å²) in [7, 11) is 0. The van der Waals surface area contributed by atoms with E-state index in [1.54, 1.807) is 0 Å². The first-order chi connectivity index (χ1) is 9.33. The number of carbonyl (C=O) groups is 1. The molecule has 2 heteroatoms. The fourth-order valence-electron chi connectivity index (χ4n) is 2.97. The van der Waals surface area contributed by atoms with Crippen molar-refractivity contribution in [3.05, 3.63) is 0 Å². The van der Waals surface area contributed by atoms with E-state index in [2.05, 4.69) is 12.2 Å². The topological polar surface area (TPSA) is 29.1 Å². The number of hydrogen-bond acceptors (Lipinski definition) is 1. The Kier molecular flexibility index (Phi) is 9.84. The summed E-state index contributed by atoms with van der Waals surface area (Å²) in [4.78, 5) is 11.7. The summed E-state index contributed by atoms with van der Waals surface area (Å²) in [6, 6.07) is 0.492. The molecule has 1 fully saturated rings. The Morgan fingerprint density at radius 3 is 2.00 bits per heavy atom. The van der Waals surface area contributed by atoms with Crippen LogP contribution in [0.25, 0.3) is 0 Å². The summed E-state index contributed by atoms with van der Waals surface area (Å²) >= 11 is 0. The second kappa shape index (κ2) is 11.3. The van der Waals surface area contributed by atoms with Gasteiger partial charge in [0.1, 0.15) is 0 Å². The van der Waals surface area contributed by atoms with Crippen molar-refractivity contribution < 1.29 is 4.79 Å². The van der Waals surface area contributed by atoms with Crippen molar-refractivity contribution in [2.45, 2.75) is 103 Å². The maximum atomic E-state index is 11.7. The molecule has 0 saturated heterocycles. The minimum Gasteiger partial charge on any atom is -0.353 e. The molecule has 0 aromatic heterocycles. The van der Waals surface area contributed by atoms with E-state index >= 15 is 0 Å². The Morgan fingerprint density at radius 1 is 0.895 bits per heavy atom. The highest BCUT2D eigenvalue weighted by atomic mass is 16.1. The minimum absolute atomic E-state index is 0.287. The molecule has 0 unspecified atom stereocenters. The van der Waals surface area contributed by atoms with Crippen LogP contribution in [0.1, 0.15) is 96.8 Å². The molecule has 1 amide bonds. The summed E-state index contributed by atoms with van der Waals surface area (Å²) in [5, 5.41) is 3.17. The highest BCUT2D eigenvalue weighted by Crippen LogP contribution is 2.18. The second-order valence-electron chi connectivity index (χ2n) is 6.13. The molecule has 0 aromatic carbocycles. The maximum absolute atomic E-state index is 11.7. The van der Waals surface area contributed by atoms with Gasteiger partial charge in [-0.1, -0.05) is 71.1 Å². The molecule has 1 saturated carbocycles. The van der Waals surface area contributed by atoms with Gasteiger partial charge >= 0.3 is 0 Å². The monoisotopic (exact) mass is 267 g/mol. The average molecular weight is 267 g/mol. The smallest absolute Gasteiger partial charge is 0.220 e. The molecule has 0 radical (unpaired) electrons. The largest absolute Gasteiger partial charge is 0.353 e. The quantitative estimate of drug-likeness (QED) is 0.526. The first kappa shape index (κ1) is 16.5. The number of hydrogen-bond donors (Lipinski definition) is 1. The highest BCUT2D eigenvalue weighted by molar-refractivity contribution is 5.76. The molecular weight excluding hydrogens is 234 g/mol. The van der Waals surface area contributed by atoms with Crippen molar-refractivity contribution in [2.75, 3.05) is 0 Å². The third kappa shape index (κ3) is 9.07. The average Bonchev–Trinajstić information content (AvgIpc) is 2.89. The zero-order valence-electron chi connectivity index (χ0n) is 12.9. The summed E-state index contributed by atoms with van der Waals surface area (Å²) in [6.07, 6.45) is 17.6. The molecule has 19 heavy (non-hydrogen) atoms. The van der Waals surface area contributed by atoms with Gasteiger partial charge in [0.15, 0.2) is 0 Å². The molecule has 1 aliphatic rings. The Morgan fingerprint density at radius 2 is 1.42 bits per heavy atom. The van der Waals surface area contributed by atoms with Crippen LogP contribution in [0.3, 0.4) is 0 Å². The molecular formula is C17H33NO. The predicted octanol–water partition coefficient (Wildman–Crippen LogP) is 4.97. The van der Waals surface area contributed by atoms with Crippen molar-refractivity contribution in [3.63, 3.8) is 0 Å². The minimum atomic E-state index is 0.287. The van der Waals surface area contributed by atoms with Gasteiger partial charge in [0.25, 0.3) is 0 Å². The SMILES string of the molecule is CCCCCCCCCCCC(=O)NC1CCCC1. The summed E-state index contributed by atoms with van der Waals surface area (Å²) in [6.45, 7) is 2.26. The van der Waals surface area contributed by atoms with E-state index in [4.69, 9.17) is 0 Å². The van der Waals surface area contributed by atoms with Crippen molar-refractivity contribution >= 4 is 5.91 Å². The van der Waals surface area contributed by atoms with Gasteiger partial charge in [0, 0.05) is 12.5 Å². The van der Waals surface area contributed by atoms with Gasteiger partial charge in [-0.15, -0.1) is 0 Å². The van der Waals surface area contributed by atoms with E-state index in [9.17, 15) is 4.79 Å². The third-order valence-electron chi connectivity index (χ3n) is 4.23. The zero-order chi connectivity index (χ0) is 13.8. The first-order valence-corrected chi connectivity index (χ1v) is 8.62. The summed E-state index contributed by atoms with van der Waals surface area (Å²) < 4.78 is 0. The molecule has 1 N–H and O–H groups in total. The van der Waals surface area contributed by atoms with Crippen LogP contribution in [0.15, 0.2) is 0 Å². The van der Waals surface area contributed by atoms with Crippen LogP contribution in [0, 0.1) is 0 Å². The summed E-state index contributed by atoms with van der Waals surface area (Å²) in [5.41, 5.74) is 0. The van der Waals surface area contributed by atoms with Crippen LogP contribution < -0.4 is 5.32 Å². The molecule has 0 aliphatic heterocycles. The predicted molar refractivity (Wildman–Crippen MR) is 82.2 cm³/mol. The molecule has 1 rings (SSSR count). The Balaban J connectivity index is 1.80. The highest BCUT2D eigenvalue weighted by Gasteiger charge is 2.16. The van der Waals surface area contributed by atoms with Gasteiger partial charge in [-0.05, 0) is 19.3 Å². The van der Waals surface area contributed by atoms with Gasteiger partial charge in [-0.3, -0.25) is 4.79 Å². The van der Waals surface area contributed by atoms with E-state index in [0.717, 1.165) is 12.8 Å². The number of rotatable bonds is 11. The van der Waals surface area contributed by atoms with Crippen LogP contribution in [-0.4, -0.2) is 11.9 Å². The van der Waals surface area contributed by atoms with E-state index in [1.807, 2.05) is 0 Å². The van der Waals surface area contributed by atoms with Crippen LogP contribution >= 0.6 is 0 Å². The second-order valence-corrected chi connectivity index (χ2v) is 6.13. The van der Waals surface area contributed by atoms with Gasteiger partial charge in [-0.25, -0.2) is 0 Å². The molecule has 0 atom stereocenters. The van der Waals surface area contributed by atoms with Crippen molar-refractivity contribution in [2.24, 2.45) is 0 Å². The third-order valence-corrected chi connectivity index (χ3v) is 4.23. The van der Waals surface area contributed by atoms with Crippen molar-refractivity contribution in [1.82, 2.24) is 5.32 Å². The standard InChI is InChI=1S/C17H33NO/c1-2-3-4-5-6-7-8-9-10-15-17(19)18-16-13-11-12-14-16/h16H,2-15H2,1H3,(H,18,19). The molecule has 0 aromatic rings. The van der Waals surface area contributed by atoms with E-state index in [-0.39, 0.29) is 5.91 Å². The van der Waals surface area contributed by atoms with E-state index < -0.39 is 0 Å². The Bertz CT molecular complexity index is 221. The fourth-order valence-corrected chi connectivity index (χ4v) is 2.97. The van der Waals surface area contributed by atoms with E-state index in [0.29, 0.717) is 6.04 Å². The van der Waals surface area contributed by atoms with Gasteiger partial charge in [0.2, 0.25) is 5.91 Å². The van der Waals surface area contributed by atoms with Crippen LogP contribution in [0.2, 0.25) is 0 Å². The number of amides is 1. The molecule has 0 bridgehead atoms. The van der Waals surface area contributed by atoms with Crippen LogP contribution in [0.4, 0.5) is 0 Å². The molecule has 2 nitrogen and oxygen atoms in total. The number of unbranched alkanes of at least 4 members (excludes halogenated alkanes) is 8. The number of nitrogens with one attached hydrogen (secondary N) is 1. The van der Waals surface area contributed by atoms with Crippen LogP contribution in [-0.2, 0) is 4.79 Å². The summed E-state index contributed by atoms with van der Waals surface area (Å²) in [5.74, 6) is 0.287. The Hall–Kier alpha value is -0.530. The lowest BCUT2D eigenvalue weighted by Gasteiger charge is -2.11. The normalized spacial score (nSPS) is 15.8. The van der Waals surface area contributed by atoms with Crippen molar-refractivity contribution in [1.29, 1.82) is 0 Å². The lowest BCUT2D eigenvalue weighted by atomic mass is 10.1. The van der Waals surface area contributed by atoms with Gasteiger partial charge < -0.3 is 5.32 Å². The lowest BCUT2D eigenvalue weighted by Crippen LogP contribution is -2.32. The maximum Gasteiger partial charge on any atom is 0.220 e. The van der Waals surface area contributed by atoms with Crippen molar-refractivity contribution in [3.8, 4) is 0 Å². The lowest BCUT2D eigenvalue weighted by molar-refractivity contribution is -0.121. The fraction of sp³-hybridized carbons (Fsp3) is 0.941. The Labute approximate surface area is 119 Å². The molecule has 0 spiro atoms. The first-order valence-electron chi connectivity index (χ1n) is 8.62. The zero-order valence-corrected chi connectivity index (χ0v) is 12.9. The number of carbonyl (C=O) groups excluding carboxylic acids is 1. The molecule has 0 heterocycles. The molecule has 112 valence electrons. The van der Waals surface area contributed by atoms with Gasteiger partial charge in [0.05, 0.1) is 0 Å². The molecule has 1 aliphatic carbocycles. The van der Waals surface area contributed by atoms with Gasteiger partial charge in [-0.2, -0.15) is 0 Å². The van der Waals surface area contributed by atoms with E-state index in [1.165, 1.54) is 77.0 Å². The van der Waals surface area contributed by atoms with Crippen LogP contribution in [0.5, 0.6) is 0 Å².